The number of amides is 2. The Hall–Kier alpha value is -1.35. The zero-order valence-corrected chi connectivity index (χ0v) is 20.5. The van der Waals surface area contributed by atoms with Crippen LogP contribution >= 0.6 is 0 Å². The normalized spacial score (nSPS) is 9.68. The summed E-state index contributed by atoms with van der Waals surface area (Å²) in [6.45, 7) is 3.55. The largest absolute Gasteiger partial charge is 1.00 e. The van der Waals surface area contributed by atoms with Gasteiger partial charge in [-0.05, 0) is 41.8 Å². The van der Waals surface area contributed by atoms with Crippen LogP contribution in [-0.4, -0.2) is 34.7 Å². The topological polar surface area (TPSA) is 107 Å². The van der Waals surface area contributed by atoms with E-state index in [0.717, 1.165) is 10.5 Å². The van der Waals surface area contributed by atoms with Crippen LogP contribution in [-0.2, 0) is 4.79 Å². The van der Waals surface area contributed by atoms with E-state index in [1.54, 1.807) is 12.1 Å². The third-order valence-corrected chi connectivity index (χ3v) is 3.77. The van der Waals surface area contributed by atoms with Crippen molar-refractivity contribution in [2.75, 3.05) is 16.8 Å². The molecule has 0 bridgehead atoms. The molecule has 2 amide bonds. The predicted octanol–water partition coefficient (Wildman–Crippen LogP) is -2.14. The molecule has 7 nitrogen and oxygen atoms in total. The van der Waals surface area contributed by atoms with Crippen molar-refractivity contribution in [1.82, 2.24) is 0 Å². The third kappa shape index (κ3) is 7.58. The molecular formula is C19H22N2Na2O5. The summed E-state index contributed by atoms with van der Waals surface area (Å²) in [5.74, 6) is -1.97. The van der Waals surface area contributed by atoms with Crippen molar-refractivity contribution < 1.29 is 86.6 Å². The van der Waals surface area contributed by atoms with Gasteiger partial charge in [-0.15, -0.1) is 0 Å². The van der Waals surface area contributed by atoms with Crippen molar-refractivity contribution >= 4 is 29.3 Å². The van der Waals surface area contributed by atoms with Crippen molar-refractivity contribution in [2.24, 2.45) is 0 Å². The smallest absolute Gasteiger partial charge is 1.00 e. The minimum Gasteiger partial charge on any atom is -1.00 e. The summed E-state index contributed by atoms with van der Waals surface area (Å²) in [5, 5.41) is 20.7. The fourth-order valence-corrected chi connectivity index (χ4v) is 2.38. The van der Waals surface area contributed by atoms with Gasteiger partial charge in [-0.1, -0.05) is 32.0 Å². The molecule has 9 heteroatoms. The second-order valence-corrected chi connectivity index (χ2v) is 6.04. The molecule has 28 heavy (non-hydrogen) atoms. The van der Waals surface area contributed by atoms with E-state index in [4.69, 9.17) is 10.2 Å². The third-order valence-electron chi connectivity index (χ3n) is 3.77. The molecule has 3 N–H and O–H groups in total. The van der Waals surface area contributed by atoms with Crippen LogP contribution in [0.1, 0.15) is 38.5 Å². The Bertz CT molecular complexity index is 836. The first-order valence-corrected chi connectivity index (χ1v) is 8.01. The molecule has 0 heterocycles. The molecule has 0 aromatic heterocycles. The molecule has 0 aliphatic rings. The molecule has 2 rings (SSSR count). The minimum absolute atomic E-state index is 0. The number of hydrogen-bond acceptors (Lipinski definition) is 3. The zero-order valence-electron chi connectivity index (χ0n) is 18.5. The van der Waals surface area contributed by atoms with Gasteiger partial charge in [0, 0.05) is 11.4 Å². The van der Waals surface area contributed by atoms with Crippen LogP contribution in [0.4, 0.5) is 16.2 Å². The van der Waals surface area contributed by atoms with Gasteiger partial charge in [0.05, 0.1) is 5.56 Å². The molecule has 0 spiro atoms. The van der Waals surface area contributed by atoms with Gasteiger partial charge in [0.25, 0.3) is 0 Å². The molecule has 0 unspecified atom stereocenters. The first-order chi connectivity index (χ1) is 12.3. The number of benzene rings is 2. The minimum atomic E-state index is -1.16. The number of carboxylic acid groups (broad SMARTS) is 2. The van der Waals surface area contributed by atoms with Crippen molar-refractivity contribution in [2.45, 2.75) is 19.8 Å². The van der Waals surface area contributed by atoms with Crippen LogP contribution in [0.25, 0.3) is 0 Å². The fourth-order valence-electron chi connectivity index (χ4n) is 2.38. The Balaban J connectivity index is -0.00000182. The summed E-state index contributed by atoms with van der Waals surface area (Å²) in [5.41, 5.74) is 1.79. The van der Waals surface area contributed by atoms with Gasteiger partial charge in [0.1, 0.15) is 6.54 Å². The van der Waals surface area contributed by atoms with E-state index in [2.05, 4.69) is 5.32 Å². The van der Waals surface area contributed by atoms with E-state index in [1.165, 1.54) is 24.3 Å². The van der Waals surface area contributed by atoms with Crippen molar-refractivity contribution in [3.8, 4) is 0 Å². The van der Waals surface area contributed by atoms with Crippen LogP contribution in [0.3, 0.4) is 0 Å². The first kappa shape index (κ1) is 26.6. The van der Waals surface area contributed by atoms with E-state index in [0.29, 0.717) is 11.6 Å². The van der Waals surface area contributed by atoms with Crippen molar-refractivity contribution in [3.63, 3.8) is 0 Å². The number of nitrogens with zero attached hydrogens (tertiary/aromatic N) is 1. The second-order valence-electron chi connectivity index (χ2n) is 6.04. The van der Waals surface area contributed by atoms with Crippen LogP contribution in [0.5, 0.6) is 0 Å². The SMILES string of the molecule is CC(C)c1ccc(N(CC(=O)O)C(=O)Nc2cccc(C(=O)O)c2)cc1.[H-].[H-].[Na+].[Na+]. The number of aliphatic carboxylic acids is 1. The van der Waals surface area contributed by atoms with Crippen LogP contribution < -0.4 is 69.3 Å². The summed E-state index contributed by atoms with van der Waals surface area (Å²) >= 11 is 0. The number of carboxylic acids is 2. The van der Waals surface area contributed by atoms with Gasteiger partial charge < -0.3 is 18.4 Å². The van der Waals surface area contributed by atoms with E-state index in [-0.39, 0.29) is 73.2 Å². The summed E-state index contributed by atoms with van der Waals surface area (Å²) in [6, 6.07) is 12.1. The number of carbonyl (C=O) groups is 3. The maximum absolute atomic E-state index is 12.6. The van der Waals surface area contributed by atoms with E-state index in [1.807, 2.05) is 26.0 Å². The molecule has 0 fully saturated rings. The molecule has 0 radical (unpaired) electrons. The second kappa shape index (κ2) is 12.3. The van der Waals surface area contributed by atoms with Crippen LogP contribution in [0.2, 0.25) is 0 Å². The molecule has 0 aliphatic carbocycles. The Morgan fingerprint density at radius 2 is 1.64 bits per heavy atom. The van der Waals surface area contributed by atoms with Crippen LogP contribution in [0, 0.1) is 0 Å². The maximum atomic E-state index is 12.6. The molecule has 0 aliphatic heterocycles. The average molecular weight is 404 g/mol. The number of anilines is 2. The number of nitrogens with one attached hydrogen (secondary N) is 1. The van der Waals surface area contributed by atoms with Gasteiger partial charge in [0.15, 0.2) is 0 Å². The molecule has 2 aromatic rings. The van der Waals surface area contributed by atoms with Gasteiger partial charge in [-0.3, -0.25) is 9.69 Å². The zero-order chi connectivity index (χ0) is 19.3. The molecule has 0 saturated carbocycles. The Labute approximate surface area is 210 Å². The number of aromatic carboxylic acids is 1. The summed E-state index contributed by atoms with van der Waals surface area (Å²) in [7, 11) is 0. The Morgan fingerprint density at radius 1 is 1.04 bits per heavy atom. The van der Waals surface area contributed by atoms with E-state index < -0.39 is 24.5 Å². The van der Waals surface area contributed by atoms with Gasteiger partial charge in [-0.25, -0.2) is 9.59 Å². The predicted molar refractivity (Wildman–Crippen MR) is 100 cm³/mol. The maximum Gasteiger partial charge on any atom is 1.00 e. The summed E-state index contributed by atoms with van der Waals surface area (Å²) < 4.78 is 0. The summed E-state index contributed by atoms with van der Waals surface area (Å²) in [4.78, 5) is 35.8. The average Bonchev–Trinajstić information content (AvgIpc) is 2.59. The Morgan fingerprint density at radius 3 is 2.14 bits per heavy atom. The van der Waals surface area contributed by atoms with Gasteiger partial charge in [-0.2, -0.15) is 0 Å². The number of carbonyl (C=O) groups excluding carboxylic acids is 1. The first-order valence-electron chi connectivity index (χ1n) is 8.01. The quantitative estimate of drug-likeness (QED) is 0.477. The molecule has 140 valence electrons. The number of hydrogen-bond donors (Lipinski definition) is 3. The number of rotatable bonds is 6. The molecular weight excluding hydrogens is 382 g/mol. The molecule has 0 saturated heterocycles. The molecule has 0 atom stereocenters. The van der Waals surface area contributed by atoms with Crippen LogP contribution in [0.15, 0.2) is 48.5 Å². The monoisotopic (exact) mass is 404 g/mol. The Kier molecular flexibility index (Phi) is 11.7. The van der Waals surface area contributed by atoms with Crippen molar-refractivity contribution in [3.05, 3.63) is 59.7 Å². The fraction of sp³-hybridized carbons (Fsp3) is 0.211. The molecule has 2 aromatic carbocycles. The van der Waals surface area contributed by atoms with Gasteiger partial charge >= 0.3 is 77.1 Å². The summed E-state index contributed by atoms with van der Waals surface area (Å²) in [6.07, 6.45) is 0. The standard InChI is InChI=1S/C19H20N2O5.2Na.2H/c1-12(2)13-6-8-16(9-7-13)21(11-17(22)23)19(26)20-15-5-3-4-14(10-15)18(24)25;;;;/h3-10,12H,11H2,1-2H3,(H,20,26)(H,22,23)(H,24,25);;;;/q;2*+1;2*-1. The number of urea groups is 1. The van der Waals surface area contributed by atoms with Gasteiger partial charge in [0.2, 0.25) is 0 Å². The van der Waals surface area contributed by atoms with Crippen molar-refractivity contribution in [1.29, 1.82) is 0 Å². The van der Waals surface area contributed by atoms with E-state index >= 15 is 0 Å². The van der Waals surface area contributed by atoms with E-state index in [9.17, 15) is 14.4 Å².